The van der Waals surface area contributed by atoms with E-state index in [4.69, 9.17) is 0 Å². The predicted octanol–water partition coefficient (Wildman–Crippen LogP) is 5.56. The number of carbonyl (C=O) groups excluding carboxylic acids is 1. The van der Waals surface area contributed by atoms with E-state index in [0.29, 0.717) is 5.92 Å². The second kappa shape index (κ2) is 6.33. The lowest BCUT2D eigenvalue weighted by molar-refractivity contribution is -0.123. The molecule has 1 aliphatic carbocycles. The molecule has 1 aliphatic heterocycles. The molecular formula is C23H27NO. The van der Waals surface area contributed by atoms with Crippen LogP contribution in [0.1, 0.15) is 51.0 Å². The fraction of sp³-hybridized carbons (Fsp3) is 0.435. The molecule has 2 nitrogen and oxygen atoms in total. The van der Waals surface area contributed by atoms with Gasteiger partial charge in [0.05, 0.1) is 11.1 Å². The van der Waals surface area contributed by atoms with E-state index in [9.17, 15) is 4.79 Å². The zero-order valence-corrected chi connectivity index (χ0v) is 15.3. The largest absolute Gasteiger partial charge is 0.314 e. The van der Waals surface area contributed by atoms with Crippen LogP contribution in [0.25, 0.3) is 11.1 Å². The highest BCUT2D eigenvalue weighted by Crippen LogP contribution is 2.50. The first-order valence-corrected chi connectivity index (χ1v) is 9.58. The van der Waals surface area contributed by atoms with Crippen molar-refractivity contribution < 1.29 is 4.79 Å². The minimum absolute atomic E-state index is 0.261. The van der Waals surface area contributed by atoms with E-state index in [1.165, 1.54) is 48.8 Å². The fourth-order valence-corrected chi connectivity index (χ4v) is 4.95. The Balaban J connectivity index is 1.77. The van der Waals surface area contributed by atoms with E-state index in [1.807, 2.05) is 18.0 Å². The van der Waals surface area contributed by atoms with E-state index in [-0.39, 0.29) is 11.3 Å². The Kier molecular flexibility index (Phi) is 4.15. The Labute approximate surface area is 150 Å². The normalized spacial score (nSPS) is 23.8. The minimum atomic E-state index is -0.378. The molecular weight excluding hydrogens is 306 g/mol. The molecule has 1 saturated carbocycles. The third-order valence-corrected chi connectivity index (χ3v) is 6.25. The van der Waals surface area contributed by atoms with Gasteiger partial charge in [-0.25, -0.2) is 0 Å². The van der Waals surface area contributed by atoms with E-state index in [2.05, 4.69) is 49.4 Å². The monoisotopic (exact) mass is 333 g/mol. The van der Waals surface area contributed by atoms with Crippen molar-refractivity contribution in [3.05, 3.63) is 54.1 Å². The molecule has 2 aliphatic rings. The Morgan fingerprint density at radius 2 is 1.72 bits per heavy atom. The molecule has 0 radical (unpaired) electrons. The van der Waals surface area contributed by atoms with Gasteiger partial charge in [0.15, 0.2) is 0 Å². The summed E-state index contributed by atoms with van der Waals surface area (Å²) in [5, 5.41) is 0. The van der Waals surface area contributed by atoms with Gasteiger partial charge in [-0.2, -0.15) is 0 Å². The van der Waals surface area contributed by atoms with E-state index < -0.39 is 0 Å². The Morgan fingerprint density at radius 3 is 2.44 bits per heavy atom. The molecule has 1 fully saturated rings. The van der Waals surface area contributed by atoms with Crippen molar-refractivity contribution in [2.45, 2.75) is 50.9 Å². The van der Waals surface area contributed by atoms with Gasteiger partial charge in [0.25, 0.3) is 0 Å². The number of rotatable bonds is 3. The van der Waals surface area contributed by atoms with Gasteiger partial charge in [-0.05, 0) is 30.4 Å². The number of nitrogens with zero attached hydrogens (tertiary/aromatic N) is 1. The van der Waals surface area contributed by atoms with Crippen LogP contribution in [0.4, 0.5) is 5.69 Å². The van der Waals surface area contributed by atoms with E-state index in [1.54, 1.807) is 0 Å². The maximum Gasteiger partial charge on any atom is 0.237 e. The highest BCUT2D eigenvalue weighted by molar-refractivity contribution is 6.10. The maximum atomic E-state index is 13.3. The molecule has 1 heterocycles. The number of anilines is 1. The smallest absolute Gasteiger partial charge is 0.237 e. The van der Waals surface area contributed by atoms with Crippen LogP contribution in [0.2, 0.25) is 0 Å². The number of para-hydroxylation sites is 1. The lowest BCUT2D eigenvalue weighted by Gasteiger charge is -2.30. The standard InChI is InChI=1S/C23H27NO/c1-23(16-17-10-5-3-6-11-17)20-15-9-14-19(18-12-7-4-8-13-18)21(20)24(2)22(23)25/h4,7-9,12-15,17H,3,5-6,10-11,16H2,1-2H3. The molecule has 2 heteroatoms. The van der Waals surface area contributed by atoms with Gasteiger partial charge >= 0.3 is 0 Å². The summed E-state index contributed by atoms with van der Waals surface area (Å²) in [6.45, 7) is 2.17. The van der Waals surface area contributed by atoms with Gasteiger partial charge in [0.1, 0.15) is 0 Å². The SMILES string of the molecule is CN1C(=O)C(C)(CC2CCCCC2)c2cccc(-c3ccccc3)c21. The van der Waals surface area contributed by atoms with Crippen LogP contribution in [-0.2, 0) is 10.2 Å². The van der Waals surface area contributed by atoms with Crippen molar-refractivity contribution in [1.82, 2.24) is 0 Å². The topological polar surface area (TPSA) is 20.3 Å². The molecule has 0 aromatic heterocycles. The summed E-state index contributed by atoms with van der Waals surface area (Å²) in [6, 6.07) is 16.9. The van der Waals surface area contributed by atoms with Crippen molar-refractivity contribution in [3.8, 4) is 11.1 Å². The molecule has 25 heavy (non-hydrogen) atoms. The molecule has 2 aromatic rings. The first-order chi connectivity index (χ1) is 12.1. The van der Waals surface area contributed by atoms with Crippen molar-refractivity contribution in [2.24, 2.45) is 5.92 Å². The zero-order chi connectivity index (χ0) is 17.4. The number of carbonyl (C=O) groups is 1. The third-order valence-electron chi connectivity index (χ3n) is 6.25. The molecule has 0 spiro atoms. The quantitative estimate of drug-likeness (QED) is 0.720. The fourth-order valence-electron chi connectivity index (χ4n) is 4.95. The van der Waals surface area contributed by atoms with Gasteiger partial charge in [-0.3, -0.25) is 4.79 Å². The van der Waals surface area contributed by atoms with Crippen LogP contribution in [0.15, 0.2) is 48.5 Å². The molecule has 130 valence electrons. The molecule has 0 saturated heterocycles. The Bertz CT molecular complexity index is 776. The average Bonchev–Trinajstić information content (AvgIpc) is 2.85. The van der Waals surface area contributed by atoms with Crippen molar-refractivity contribution in [3.63, 3.8) is 0 Å². The van der Waals surface area contributed by atoms with E-state index in [0.717, 1.165) is 12.1 Å². The van der Waals surface area contributed by atoms with Crippen LogP contribution < -0.4 is 4.90 Å². The van der Waals surface area contributed by atoms with Gasteiger partial charge in [-0.15, -0.1) is 0 Å². The van der Waals surface area contributed by atoms with Gasteiger partial charge in [0.2, 0.25) is 5.91 Å². The summed E-state index contributed by atoms with van der Waals surface area (Å²) < 4.78 is 0. The lowest BCUT2D eigenvalue weighted by atomic mass is 9.72. The third kappa shape index (κ3) is 2.68. The summed E-state index contributed by atoms with van der Waals surface area (Å²) >= 11 is 0. The van der Waals surface area contributed by atoms with Crippen molar-refractivity contribution >= 4 is 11.6 Å². The minimum Gasteiger partial charge on any atom is -0.314 e. The van der Waals surface area contributed by atoms with Crippen molar-refractivity contribution in [2.75, 3.05) is 11.9 Å². The molecule has 1 amide bonds. The zero-order valence-electron chi connectivity index (χ0n) is 15.3. The molecule has 0 N–H and O–H groups in total. The summed E-state index contributed by atoms with van der Waals surface area (Å²) in [5.41, 5.74) is 4.29. The molecule has 4 rings (SSSR count). The van der Waals surface area contributed by atoms with Crippen LogP contribution >= 0.6 is 0 Å². The van der Waals surface area contributed by atoms with Gasteiger partial charge in [0, 0.05) is 12.6 Å². The summed E-state index contributed by atoms with van der Waals surface area (Å²) in [5.74, 6) is 0.943. The number of hydrogen-bond donors (Lipinski definition) is 0. The predicted molar refractivity (Wildman–Crippen MR) is 104 cm³/mol. The number of hydrogen-bond acceptors (Lipinski definition) is 1. The number of amides is 1. The number of likely N-dealkylation sites (N-methyl/N-ethyl adjacent to an activating group) is 1. The van der Waals surface area contributed by atoms with Crippen molar-refractivity contribution in [1.29, 1.82) is 0 Å². The molecule has 0 bridgehead atoms. The van der Waals surface area contributed by atoms with Gasteiger partial charge < -0.3 is 4.90 Å². The Morgan fingerprint density at radius 1 is 1.00 bits per heavy atom. The van der Waals surface area contributed by atoms with E-state index >= 15 is 0 Å². The summed E-state index contributed by atoms with van der Waals surface area (Å²) in [6.07, 6.45) is 7.54. The number of fused-ring (bicyclic) bond motifs is 1. The molecule has 1 atom stereocenters. The van der Waals surface area contributed by atoms with Crippen LogP contribution in [0, 0.1) is 5.92 Å². The average molecular weight is 333 g/mol. The highest BCUT2D eigenvalue weighted by Gasteiger charge is 2.47. The summed E-state index contributed by atoms with van der Waals surface area (Å²) in [4.78, 5) is 15.2. The second-order valence-corrected chi connectivity index (χ2v) is 7.97. The highest BCUT2D eigenvalue weighted by atomic mass is 16.2. The summed E-state index contributed by atoms with van der Waals surface area (Å²) in [7, 11) is 1.94. The first kappa shape index (κ1) is 16.4. The van der Waals surface area contributed by atoms with Gasteiger partial charge in [-0.1, -0.05) is 80.6 Å². The molecule has 2 aromatic carbocycles. The Hall–Kier alpha value is -2.09. The van der Waals surface area contributed by atoms with Crippen LogP contribution in [0.3, 0.4) is 0 Å². The maximum absolute atomic E-state index is 13.3. The van der Waals surface area contributed by atoms with Crippen LogP contribution in [-0.4, -0.2) is 13.0 Å². The first-order valence-electron chi connectivity index (χ1n) is 9.58. The molecule has 1 unspecified atom stereocenters. The van der Waals surface area contributed by atoms with Crippen LogP contribution in [0.5, 0.6) is 0 Å². The second-order valence-electron chi connectivity index (χ2n) is 7.97. The lowest BCUT2D eigenvalue weighted by Crippen LogP contribution is -2.38. The number of benzene rings is 2.